The fourth-order valence-electron chi connectivity index (χ4n) is 3.58. The van der Waals surface area contributed by atoms with Gasteiger partial charge in [0.1, 0.15) is 0 Å². The number of likely N-dealkylation sites (tertiary alicyclic amines) is 1. The number of hydrogen-bond donors (Lipinski definition) is 0. The van der Waals surface area contributed by atoms with Gasteiger partial charge in [-0.2, -0.15) is 0 Å². The summed E-state index contributed by atoms with van der Waals surface area (Å²) < 4.78 is 6.34. The zero-order chi connectivity index (χ0) is 18.5. The van der Waals surface area contributed by atoms with E-state index in [4.69, 9.17) is 4.74 Å². The first-order valence-corrected chi connectivity index (χ1v) is 10.1. The van der Waals surface area contributed by atoms with E-state index in [1.807, 2.05) is 23.1 Å². The fourth-order valence-corrected chi connectivity index (χ4v) is 4.59. The third kappa shape index (κ3) is 5.04. The Morgan fingerprint density at radius 2 is 1.96 bits per heavy atom. The molecule has 2 unspecified atom stereocenters. The number of aryl methyl sites for hydroxylation is 1. The van der Waals surface area contributed by atoms with Gasteiger partial charge in [0.15, 0.2) is 6.61 Å². The number of aromatic nitrogens is 1. The summed E-state index contributed by atoms with van der Waals surface area (Å²) in [6.07, 6.45) is 2.90. The topological polar surface area (TPSA) is 59.5 Å². The molecular formula is C20H26N2O3S. The number of esters is 1. The number of hydrogen-bond acceptors (Lipinski definition) is 5. The highest BCUT2D eigenvalue weighted by Crippen LogP contribution is 2.23. The highest BCUT2D eigenvalue weighted by molar-refractivity contribution is 7.18. The molecule has 1 amide bonds. The van der Waals surface area contributed by atoms with Gasteiger partial charge in [0, 0.05) is 19.5 Å². The third-order valence-electron chi connectivity index (χ3n) is 4.69. The zero-order valence-electron chi connectivity index (χ0n) is 15.4. The second-order valence-corrected chi connectivity index (χ2v) is 8.45. The van der Waals surface area contributed by atoms with E-state index < -0.39 is 0 Å². The second-order valence-electron chi connectivity index (χ2n) is 7.33. The molecule has 6 heteroatoms. The van der Waals surface area contributed by atoms with Crippen molar-refractivity contribution >= 4 is 33.4 Å². The Morgan fingerprint density at radius 1 is 1.23 bits per heavy atom. The summed E-state index contributed by atoms with van der Waals surface area (Å²) in [5.41, 5.74) is 1.01. The lowest BCUT2D eigenvalue weighted by Crippen LogP contribution is -2.44. The van der Waals surface area contributed by atoms with Gasteiger partial charge in [-0.3, -0.25) is 9.59 Å². The minimum absolute atomic E-state index is 0.0806. The van der Waals surface area contributed by atoms with E-state index in [1.54, 1.807) is 11.3 Å². The molecule has 0 spiro atoms. The lowest BCUT2D eigenvalue weighted by Gasteiger charge is -2.34. The first-order chi connectivity index (χ1) is 12.5. The lowest BCUT2D eigenvalue weighted by atomic mass is 9.92. The van der Waals surface area contributed by atoms with Crippen molar-refractivity contribution in [3.05, 3.63) is 29.3 Å². The van der Waals surface area contributed by atoms with Crippen molar-refractivity contribution in [2.45, 2.75) is 39.5 Å². The molecule has 0 radical (unpaired) electrons. The number of para-hydroxylation sites is 1. The number of carbonyl (C=O) groups excluding carboxylic acids is 2. The van der Waals surface area contributed by atoms with Gasteiger partial charge in [0.05, 0.1) is 15.2 Å². The molecule has 0 aliphatic carbocycles. The summed E-state index contributed by atoms with van der Waals surface area (Å²) in [6, 6.07) is 8.03. The van der Waals surface area contributed by atoms with Crippen molar-refractivity contribution in [1.82, 2.24) is 9.88 Å². The molecule has 1 fully saturated rings. The maximum atomic E-state index is 12.2. The summed E-state index contributed by atoms with van der Waals surface area (Å²) in [7, 11) is 0. The Hall–Kier alpha value is -1.95. The van der Waals surface area contributed by atoms with Gasteiger partial charge in [-0.05, 0) is 43.2 Å². The summed E-state index contributed by atoms with van der Waals surface area (Å²) in [5.74, 6) is 0.625. The number of ether oxygens (including phenoxy) is 1. The van der Waals surface area contributed by atoms with Gasteiger partial charge >= 0.3 is 5.97 Å². The maximum Gasteiger partial charge on any atom is 0.306 e. The van der Waals surface area contributed by atoms with Gasteiger partial charge in [-0.15, -0.1) is 11.3 Å². The maximum absolute atomic E-state index is 12.2. The second kappa shape index (κ2) is 8.62. The van der Waals surface area contributed by atoms with Crippen LogP contribution in [-0.4, -0.2) is 41.5 Å². The molecule has 0 saturated carbocycles. The van der Waals surface area contributed by atoms with E-state index in [0.717, 1.165) is 36.5 Å². The molecule has 2 atom stereocenters. The van der Waals surface area contributed by atoms with Crippen LogP contribution in [0, 0.1) is 11.8 Å². The number of fused-ring (bicyclic) bond motifs is 1. The summed E-state index contributed by atoms with van der Waals surface area (Å²) >= 11 is 1.66. The van der Waals surface area contributed by atoms with Crippen molar-refractivity contribution in [2.75, 3.05) is 19.7 Å². The number of rotatable bonds is 6. The van der Waals surface area contributed by atoms with Crippen LogP contribution in [0.3, 0.4) is 0 Å². The van der Waals surface area contributed by atoms with E-state index in [1.165, 1.54) is 4.70 Å². The van der Waals surface area contributed by atoms with Crippen LogP contribution in [0.15, 0.2) is 24.3 Å². The number of nitrogens with zero attached hydrogens (tertiary/aromatic N) is 2. The third-order valence-corrected chi connectivity index (χ3v) is 5.78. The highest BCUT2D eigenvalue weighted by Gasteiger charge is 2.25. The van der Waals surface area contributed by atoms with Crippen molar-refractivity contribution in [3.8, 4) is 0 Å². The predicted molar refractivity (Wildman–Crippen MR) is 103 cm³/mol. The van der Waals surface area contributed by atoms with Gasteiger partial charge < -0.3 is 9.64 Å². The first kappa shape index (κ1) is 18.8. The molecule has 140 valence electrons. The smallest absolute Gasteiger partial charge is 0.306 e. The number of benzene rings is 1. The van der Waals surface area contributed by atoms with Crippen LogP contribution in [0.2, 0.25) is 0 Å². The minimum Gasteiger partial charge on any atom is -0.456 e. The number of thiazole rings is 1. The zero-order valence-corrected chi connectivity index (χ0v) is 16.3. The largest absolute Gasteiger partial charge is 0.456 e. The molecular weight excluding hydrogens is 348 g/mol. The lowest BCUT2D eigenvalue weighted by molar-refractivity contribution is -0.153. The van der Waals surface area contributed by atoms with Gasteiger partial charge in [0.25, 0.3) is 5.91 Å². The summed E-state index contributed by atoms with van der Waals surface area (Å²) in [4.78, 5) is 30.5. The Balaban J connectivity index is 1.38. The molecule has 0 N–H and O–H groups in total. The van der Waals surface area contributed by atoms with Crippen LogP contribution >= 0.6 is 11.3 Å². The number of carbonyl (C=O) groups is 2. The van der Waals surface area contributed by atoms with Gasteiger partial charge in [-0.1, -0.05) is 26.0 Å². The standard InChI is InChI=1S/C20H26N2O3S/c1-14-10-15(2)12-22(11-14)19(23)13-25-20(24)9-5-8-18-21-16-6-3-4-7-17(16)26-18/h3-4,6-7,14-15H,5,8-13H2,1-2H3. The Labute approximate surface area is 158 Å². The van der Waals surface area contributed by atoms with Crippen LogP contribution in [-0.2, 0) is 20.7 Å². The Kier molecular flexibility index (Phi) is 6.25. The molecule has 2 aromatic rings. The molecule has 2 heterocycles. The molecule has 5 nitrogen and oxygen atoms in total. The molecule has 1 aromatic carbocycles. The Morgan fingerprint density at radius 3 is 2.69 bits per heavy atom. The average molecular weight is 375 g/mol. The van der Waals surface area contributed by atoms with Gasteiger partial charge in [0.2, 0.25) is 0 Å². The van der Waals surface area contributed by atoms with Crippen molar-refractivity contribution in [2.24, 2.45) is 11.8 Å². The normalized spacial score (nSPS) is 20.3. The van der Waals surface area contributed by atoms with Crippen LogP contribution < -0.4 is 0 Å². The molecule has 0 bridgehead atoms. The van der Waals surface area contributed by atoms with Crippen LogP contribution in [0.25, 0.3) is 10.2 Å². The van der Waals surface area contributed by atoms with Crippen LogP contribution in [0.4, 0.5) is 0 Å². The van der Waals surface area contributed by atoms with E-state index in [-0.39, 0.29) is 18.5 Å². The van der Waals surface area contributed by atoms with E-state index in [0.29, 0.717) is 24.7 Å². The number of piperidine rings is 1. The fraction of sp³-hybridized carbons (Fsp3) is 0.550. The van der Waals surface area contributed by atoms with E-state index in [9.17, 15) is 9.59 Å². The van der Waals surface area contributed by atoms with E-state index >= 15 is 0 Å². The molecule has 1 aliphatic heterocycles. The van der Waals surface area contributed by atoms with Gasteiger partial charge in [-0.25, -0.2) is 4.98 Å². The summed E-state index contributed by atoms with van der Waals surface area (Å²) in [6.45, 7) is 5.70. The van der Waals surface area contributed by atoms with Crippen LogP contribution in [0.1, 0.15) is 38.1 Å². The molecule has 1 saturated heterocycles. The molecule has 26 heavy (non-hydrogen) atoms. The van der Waals surface area contributed by atoms with Crippen molar-refractivity contribution < 1.29 is 14.3 Å². The van der Waals surface area contributed by atoms with Crippen LogP contribution in [0.5, 0.6) is 0 Å². The predicted octanol–water partition coefficient (Wildman–Crippen LogP) is 3.67. The van der Waals surface area contributed by atoms with Crippen molar-refractivity contribution in [3.63, 3.8) is 0 Å². The monoisotopic (exact) mass is 374 g/mol. The SMILES string of the molecule is CC1CC(C)CN(C(=O)COC(=O)CCCc2nc3ccccc3s2)C1. The van der Waals surface area contributed by atoms with Crippen molar-refractivity contribution in [1.29, 1.82) is 0 Å². The molecule has 1 aliphatic rings. The average Bonchev–Trinajstić information content (AvgIpc) is 3.01. The minimum atomic E-state index is -0.308. The Bertz CT molecular complexity index is 730. The highest BCUT2D eigenvalue weighted by atomic mass is 32.1. The van der Waals surface area contributed by atoms with E-state index in [2.05, 4.69) is 24.9 Å². The molecule has 3 rings (SSSR count). The number of amides is 1. The quantitative estimate of drug-likeness (QED) is 0.724. The summed E-state index contributed by atoms with van der Waals surface area (Å²) in [5, 5.41) is 1.03. The molecule has 1 aromatic heterocycles. The first-order valence-electron chi connectivity index (χ1n) is 9.29.